The van der Waals surface area contributed by atoms with E-state index in [0.717, 1.165) is 11.3 Å². The molecule has 1 atom stereocenters. The minimum absolute atomic E-state index is 0.0202. The number of anilines is 1. The number of nitrogens with two attached hydrogens (primary N) is 1. The van der Waals surface area contributed by atoms with E-state index in [1.807, 2.05) is 42.3 Å². The molecule has 0 saturated carbocycles. The van der Waals surface area contributed by atoms with Gasteiger partial charge in [0.2, 0.25) is 0 Å². The Labute approximate surface area is 134 Å². The maximum atomic E-state index is 7.71. The molecule has 1 unspecified atom stereocenters. The summed E-state index contributed by atoms with van der Waals surface area (Å²) in [6, 6.07) is 13.1. The van der Waals surface area contributed by atoms with Gasteiger partial charge in [0.1, 0.15) is 5.84 Å². The van der Waals surface area contributed by atoms with Crippen LogP contribution in [0, 0.1) is 5.41 Å². The predicted molar refractivity (Wildman–Crippen MR) is 90.7 cm³/mol. The molecular formula is C16H17Cl2N3. The standard InChI is InChI=1S/C16H17Cl2N3/c1-10(11-4-3-5-12(17)8-11)21(2)15-9-13(18)6-7-14(15)16(19)20/h3-10H,1-2H3,(H3,19,20). The minimum Gasteiger partial charge on any atom is -0.384 e. The van der Waals surface area contributed by atoms with Gasteiger partial charge in [0.05, 0.1) is 6.04 Å². The summed E-state index contributed by atoms with van der Waals surface area (Å²) in [5.41, 5.74) is 8.23. The van der Waals surface area contributed by atoms with Crippen LogP contribution >= 0.6 is 23.2 Å². The number of hydrogen-bond acceptors (Lipinski definition) is 2. The zero-order valence-electron chi connectivity index (χ0n) is 11.9. The molecule has 0 aliphatic heterocycles. The minimum atomic E-state index is 0.0202. The number of hydrogen-bond donors (Lipinski definition) is 2. The molecule has 0 amide bonds. The quantitative estimate of drug-likeness (QED) is 0.644. The molecule has 110 valence electrons. The highest BCUT2D eigenvalue weighted by molar-refractivity contribution is 6.31. The Kier molecular flexibility index (Phi) is 4.76. The second kappa shape index (κ2) is 6.37. The fourth-order valence-corrected chi connectivity index (χ4v) is 2.59. The van der Waals surface area contributed by atoms with E-state index in [0.29, 0.717) is 15.6 Å². The Bertz CT molecular complexity index is 670. The fourth-order valence-electron chi connectivity index (χ4n) is 2.22. The maximum absolute atomic E-state index is 7.71. The van der Waals surface area contributed by atoms with Crippen molar-refractivity contribution >= 4 is 34.7 Å². The number of nitrogens with one attached hydrogen (secondary N) is 1. The second-order valence-electron chi connectivity index (χ2n) is 4.92. The van der Waals surface area contributed by atoms with Crippen molar-refractivity contribution in [2.45, 2.75) is 13.0 Å². The van der Waals surface area contributed by atoms with Crippen LogP contribution in [-0.2, 0) is 0 Å². The summed E-state index contributed by atoms with van der Waals surface area (Å²) in [4.78, 5) is 2.04. The molecule has 0 spiro atoms. The number of benzene rings is 2. The van der Waals surface area contributed by atoms with Gasteiger partial charge in [-0.1, -0.05) is 35.3 Å². The number of amidine groups is 1. The van der Waals surface area contributed by atoms with Crippen molar-refractivity contribution in [3.8, 4) is 0 Å². The van der Waals surface area contributed by atoms with Crippen molar-refractivity contribution < 1.29 is 0 Å². The van der Waals surface area contributed by atoms with E-state index in [9.17, 15) is 0 Å². The fraction of sp³-hybridized carbons (Fsp3) is 0.188. The van der Waals surface area contributed by atoms with Crippen molar-refractivity contribution in [2.75, 3.05) is 11.9 Å². The second-order valence-corrected chi connectivity index (χ2v) is 5.79. The van der Waals surface area contributed by atoms with E-state index in [1.165, 1.54) is 0 Å². The predicted octanol–water partition coefficient (Wildman–Crippen LogP) is 4.47. The zero-order chi connectivity index (χ0) is 15.6. The molecule has 2 rings (SSSR count). The molecule has 0 fully saturated rings. The SMILES string of the molecule is CC(c1cccc(Cl)c1)N(C)c1cc(Cl)ccc1C(=N)N. The summed E-state index contributed by atoms with van der Waals surface area (Å²) in [6.45, 7) is 2.07. The number of rotatable bonds is 4. The topological polar surface area (TPSA) is 53.1 Å². The number of halogens is 2. The molecule has 21 heavy (non-hydrogen) atoms. The average molecular weight is 322 g/mol. The average Bonchev–Trinajstić information content (AvgIpc) is 2.45. The van der Waals surface area contributed by atoms with Gasteiger partial charge in [-0.2, -0.15) is 0 Å². The zero-order valence-corrected chi connectivity index (χ0v) is 13.4. The van der Waals surface area contributed by atoms with E-state index in [4.69, 9.17) is 34.3 Å². The van der Waals surface area contributed by atoms with Gasteiger partial charge >= 0.3 is 0 Å². The van der Waals surface area contributed by atoms with Crippen LogP contribution in [0.1, 0.15) is 24.1 Å². The van der Waals surface area contributed by atoms with Crippen molar-refractivity contribution in [3.63, 3.8) is 0 Å². The third-order valence-electron chi connectivity index (χ3n) is 3.54. The van der Waals surface area contributed by atoms with Gasteiger partial charge in [0.25, 0.3) is 0 Å². The molecule has 2 aromatic carbocycles. The van der Waals surface area contributed by atoms with E-state index in [2.05, 4.69) is 6.92 Å². The van der Waals surface area contributed by atoms with Crippen LogP contribution in [0.2, 0.25) is 10.0 Å². The Morgan fingerprint density at radius 2 is 1.81 bits per heavy atom. The Morgan fingerprint density at radius 3 is 2.43 bits per heavy atom. The molecule has 0 radical (unpaired) electrons. The third kappa shape index (κ3) is 3.49. The van der Waals surface area contributed by atoms with Crippen molar-refractivity contribution in [1.82, 2.24) is 0 Å². The third-order valence-corrected chi connectivity index (χ3v) is 4.01. The lowest BCUT2D eigenvalue weighted by Gasteiger charge is -2.29. The molecule has 0 saturated heterocycles. The molecule has 0 bridgehead atoms. The highest BCUT2D eigenvalue weighted by atomic mass is 35.5. The lowest BCUT2D eigenvalue weighted by molar-refractivity contribution is 0.739. The summed E-state index contributed by atoms with van der Waals surface area (Å²) in [6.07, 6.45) is 0. The smallest absolute Gasteiger partial charge is 0.124 e. The Morgan fingerprint density at radius 1 is 1.14 bits per heavy atom. The van der Waals surface area contributed by atoms with Gasteiger partial charge in [-0.3, -0.25) is 5.41 Å². The van der Waals surface area contributed by atoms with Gasteiger partial charge in [-0.15, -0.1) is 0 Å². The summed E-state index contributed by atoms with van der Waals surface area (Å²) in [5.74, 6) is 0.0202. The van der Waals surface area contributed by atoms with Gasteiger partial charge in [0, 0.05) is 28.3 Å². The lowest BCUT2D eigenvalue weighted by Crippen LogP contribution is -2.25. The van der Waals surface area contributed by atoms with Crippen molar-refractivity contribution in [2.24, 2.45) is 5.73 Å². The molecular weight excluding hydrogens is 305 g/mol. The van der Waals surface area contributed by atoms with Crippen LogP contribution in [0.15, 0.2) is 42.5 Å². The van der Waals surface area contributed by atoms with Crippen LogP contribution in [0.4, 0.5) is 5.69 Å². The van der Waals surface area contributed by atoms with E-state index in [-0.39, 0.29) is 11.9 Å². The highest BCUT2D eigenvalue weighted by Crippen LogP contribution is 2.31. The van der Waals surface area contributed by atoms with Crippen LogP contribution < -0.4 is 10.6 Å². The lowest BCUT2D eigenvalue weighted by atomic mass is 10.0. The van der Waals surface area contributed by atoms with Crippen LogP contribution in [0.5, 0.6) is 0 Å². The first-order valence-corrected chi connectivity index (χ1v) is 7.28. The first kappa shape index (κ1) is 15.7. The normalized spacial score (nSPS) is 12.0. The molecule has 0 aliphatic carbocycles. The molecule has 5 heteroatoms. The van der Waals surface area contributed by atoms with Crippen LogP contribution in [0.25, 0.3) is 0 Å². The van der Waals surface area contributed by atoms with Crippen LogP contribution in [0.3, 0.4) is 0 Å². The first-order chi connectivity index (χ1) is 9.90. The summed E-state index contributed by atoms with van der Waals surface area (Å²) in [5, 5.41) is 9.02. The van der Waals surface area contributed by atoms with Gasteiger partial charge in [0.15, 0.2) is 0 Å². The van der Waals surface area contributed by atoms with Gasteiger partial charge < -0.3 is 10.6 Å². The highest BCUT2D eigenvalue weighted by Gasteiger charge is 2.17. The summed E-state index contributed by atoms with van der Waals surface area (Å²) in [7, 11) is 1.95. The molecule has 0 heterocycles. The summed E-state index contributed by atoms with van der Waals surface area (Å²) < 4.78 is 0. The van der Waals surface area contributed by atoms with E-state index < -0.39 is 0 Å². The maximum Gasteiger partial charge on any atom is 0.124 e. The Balaban J connectivity index is 2.41. The molecule has 3 N–H and O–H groups in total. The van der Waals surface area contributed by atoms with E-state index in [1.54, 1.807) is 12.1 Å². The molecule has 0 aliphatic rings. The van der Waals surface area contributed by atoms with Crippen molar-refractivity contribution in [3.05, 3.63) is 63.6 Å². The largest absolute Gasteiger partial charge is 0.384 e. The Hall–Kier alpha value is -1.71. The number of nitrogens with zero attached hydrogens (tertiary/aromatic N) is 1. The monoisotopic (exact) mass is 321 g/mol. The first-order valence-electron chi connectivity index (χ1n) is 6.52. The van der Waals surface area contributed by atoms with Crippen molar-refractivity contribution in [1.29, 1.82) is 5.41 Å². The molecule has 0 aromatic heterocycles. The van der Waals surface area contributed by atoms with E-state index >= 15 is 0 Å². The van der Waals surface area contributed by atoms with Crippen LogP contribution in [-0.4, -0.2) is 12.9 Å². The molecule has 3 nitrogen and oxygen atoms in total. The molecule has 2 aromatic rings. The summed E-state index contributed by atoms with van der Waals surface area (Å²) >= 11 is 12.1. The van der Waals surface area contributed by atoms with Gasteiger partial charge in [-0.05, 0) is 42.8 Å². The van der Waals surface area contributed by atoms with Gasteiger partial charge in [-0.25, -0.2) is 0 Å². The number of nitrogen functional groups attached to an aromatic ring is 1.